The number of aliphatic hydroxyl groups excluding tert-OH is 1. The Labute approximate surface area is 254 Å². The first-order chi connectivity index (χ1) is 20.3. The third-order valence-electron chi connectivity index (χ3n) is 8.79. The Morgan fingerprint density at radius 1 is 1.02 bits per heavy atom. The van der Waals surface area contributed by atoms with E-state index < -0.39 is 6.10 Å². The molecule has 1 amide bonds. The molecule has 3 aromatic rings. The standard InChI is InChI=1S/C35H45N3O3S/c1-24(2)21-37-16-8-14-29(22-37)33(40)30(18-26-10-5-4-6-11-26)20-32(39)27-12-7-13-28(19-27)35(41)38-17-9-15-31(38)34-36-25(3)23-42-34/h4-7,10-13,19,23-24,29-31,33,40H,8-9,14-18,20-22H2,1-3H3/t29-,30-,31-,33-/m1/s1. The maximum atomic E-state index is 13.8. The number of Topliss-reactive ketones (excluding diaryl/α,β-unsaturated/α-hetero) is 1. The number of thiazole rings is 1. The molecule has 224 valence electrons. The molecule has 2 aromatic carbocycles. The first-order valence-corrected chi connectivity index (χ1v) is 16.5. The summed E-state index contributed by atoms with van der Waals surface area (Å²) in [6.07, 6.45) is 4.24. The lowest BCUT2D eigenvalue weighted by Gasteiger charge is -2.38. The van der Waals surface area contributed by atoms with Crippen molar-refractivity contribution >= 4 is 23.0 Å². The topological polar surface area (TPSA) is 73.7 Å². The minimum absolute atomic E-state index is 0.00767. The molecular formula is C35H45N3O3S. The van der Waals surface area contributed by atoms with Gasteiger partial charge in [-0.1, -0.05) is 56.3 Å². The summed E-state index contributed by atoms with van der Waals surface area (Å²) < 4.78 is 0. The van der Waals surface area contributed by atoms with E-state index in [-0.39, 0.29) is 36.0 Å². The van der Waals surface area contributed by atoms with Gasteiger partial charge in [-0.15, -0.1) is 11.3 Å². The van der Waals surface area contributed by atoms with E-state index in [0.29, 0.717) is 30.0 Å². The van der Waals surface area contributed by atoms with Crippen molar-refractivity contribution in [2.24, 2.45) is 17.8 Å². The second-order valence-corrected chi connectivity index (χ2v) is 13.6. The van der Waals surface area contributed by atoms with E-state index in [1.165, 1.54) is 0 Å². The van der Waals surface area contributed by atoms with E-state index in [9.17, 15) is 14.7 Å². The van der Waals surface area contributed by atoms with Gasteiger partial charge in [0.1, 0.15) is 5.01 Å². The van der Waals surface area contributed by atoms with Crippen molar-refractivity contribution < 1.29 is 14.7 Å². The van der Waals surface area contributed by atoms with Gasteiger partial charge in [0.2, 0.25) is 0 Å². The van der Waals surface area contributed by atoms with Gasteiger partial charge in [0.25, 0.3) is 5.91 Å². The highest BCUT2D eigenvalue weighted by Crippen LogP contribution is 2.35. The summed E-state index contributed by atoms with van der Waals surface area (Å²) in [5.41, 5.74) is 3.19. The lowest BCUT2D eigenvalue weighted by atomic mass is 9.79. The average Bonchev–Trinajstić information content (AvgIpc) is 3.65. The molecule has 2 saturated heterocycles. The molecule has 1 aromatic heterocycles. The molecule has 0 saturated carbocycles. The second kappa shape index (κ2) is 14.1. The molecule has 0 unspecified atom stereocenters. The Balaban J connectivity index is 1.32. The van der Waals surface area contributed by atoms with E-state index in [4.69, 9.17) is 0 Å². The van der Waals surface area contributed by atoms with Gasteiger partial charge in [-0.05, 0) is 81.0 Å². The molecule has 42 heavy (non-hydrogen) atoms. The Morgan fingerprint density at radius 2 is 1.79 bits per heavy atom. The third kappa shape index (κ3) is 7.55. The predicted molar refractivity (Wildman–Crippen MR) is 169 cm³/mol. The zero-order chi connectivity index (χ0) is 29.6. The predicted octanol–water partition coefficient (Wildman–Crippen LogP) is 6.59. The lowest BCUT2D eigenvalue weighted by Crippen LogP contribution is -2.44. The van der Waals surface area contributed by atoms with Crippen LogP contribution in [0, 0.1) is 24.7 Å². The number of aromatic nitrogens is 1. The average molecular weight is 588 g/mol. The van der Waals surface area contributed by atoms with Crippen LogP contribution in [0.4, 0.5) is 0 Å². The fourth-order valence-electron chi connectivity index (χ4n) is 6.81. The molecule has 3 heterocycles. The maximum absolute atomic E-state index is 13.8. The fraction of sp³-hybridized carbons (Fsp3) is 0.514. The highest BCUT2D eigenvalue weighted by molar-refractivity contribution is 7.09. The van der Waals surface area contributed by atoms with E-state index in [2.05, 4.69) is 35.9 Å². The molecule has 2 aliphatic heterocycles. The third-order valence-corrected chi connectivity index (χ3v) is 9.85. The highest BCUT2D eigenvalue weighted by Gasteiger charge is 2.34. The quantitative estimate of drug-likeness (QED) is 0.256. The number of aliphatic hydroxyl groups is 1. The monoisotopic (exact) mass is 587 g/mol. The minimum Gasteiger partial charge on any atom is -0.392 e. The summed E-state index contributed by atoms with van der Waals surface area (Å²) in [5, 5.41) is 14.7. The summed E-state index contributed by atoms with van der Waals surface area (Å²) >= 11 is 1.61. The Hall–Kier alpha value is -2.87. The van der Waals surface area contributed by atoms with Crippen molar-refractivity contribution in [3.8, 4) is 0 Å². The first-order valence-electron chi connectivity index (χ1n) is 15.6. The van der Waals surface area contributed by atoms with Crippen LogP contribution in [0.15, 0.2) is 60.0 Å². The van der Waals surface area contributed by atoms with Crippen molar-refractivity contribution in [3.05, 3.63) is 87.4 Å². The van der Waals surface area contributed by atoms with Crippen LogP contribution in [0.2, 0.25) is 0 Å². The smallest absolute Gasteiger partial charge is 0.254 e. The summed E-state index contributed by atoms with van der Waals surface area (Å²) in [6.45, 7) is 10.1. The number of carbonyl (C=O) groups is 2. The Kier molecular flexibility index (Phi) is 10.2. The highest BCUT2D eigenvalue weighted by atomic mass is 32.1. The molecular weight excluding hydrogens is 542 g/mol. The summed E-state index contributed by atoms with van der Waals surface area (Å²) in [4.78, 5) is 36.4. The van der Waals surface area contributed by atoms with Crippen LogP contribution in [0.1, 0.15) is 89.0 Å². The second-order valence-electron chi connectivity index (χ2n) is 12.7. The van der Waals surface area contributed by atoms with Gasteiger partial charge in [-0.25, -0.2) is 4.98 Å². The van der Waals surface area contributed by atoms with Crippen molar-refractivity contribution in [1.82, 2.24) is 14.8 Å². The fourth-order valence-corrected chi connectivity index (χ4v) is 7.75. The van der Waals surface area contributed by atoms with Crippen molar-refractivity contribution in [2.45, 2.75) is 71.4 Å². The van der Waals surface area contributed by atoms with E-state index in [1.54, 1.807) is 17.4 Å². The van der Waals surface area contributed by atoms with Crippen molar-refractivity contribution in [1.29, 1.82) is 0 Å². The van der Waals surface area contributed by atoms with Crippen LogP contribution in [-0.2, 0) is 6.42 Å². The van der Waals surface area contributed by atoms with Crippen LogP contribution in [-0.4, -0.2) is 63.9 Å². The molecule has 1 N–H and O–H groups in total. The molecule has 0 aliphatic carbocycles. The number of carbonyl (C=O) groups excluding carboxylic acids is 2. The number of piperidine rings is 1. The molecule has 2 aliphatic rings. The van der Waals surface area contributed by atoms with Crippen molar-refractivity contribution in [3.63, 3.8) is 0 Å². The number of amides is 1. The zero-order valence-electron chi connectivity index (χ0n) is 25.2. The number of aryl methyl sites for hydroxylation is 1. The van der Waals surface area contributed by atoms with Gasteiger partial charge in [0.05, 0.1) is 12.1 Å². The SMILES string of the molecule is Cc1csc([C@H]2CCCN2C(=O)c2cccc(C(=O)C[C@@H](Cc3ccccc3)[C@H](O)[C@@H]3CCCN(CC(C)C)C3)c2)n1. The van der Waals surface area contributed by atoms with E-state index in [0.717, 1.165) is 61.6 Å². The first kappa shape index (κ1) is 30.6. The number of rotatable bonds is 11. The molecule has 4 atom stereocenters. The van der Waals surface area contributed by atoms with Crippen LogP contribution in [0.3, 0.4) is 0 Å². The van der Waals surface area contributed by atoms with E-state index in [1.807, 2.05) is 53.6 Å². The minimum atomic E-state index is -0.568. The zero-order valence-corrected chi connectivity index (χ0v) is 26.1. The van der Waals surface area contributed by atoms with Crippen LogP contribution >= 0.6 is 11.3 Å². The van der Waals surface area contributed by atoms with Gasteiger partial charge < -0.3 is 14.9 Å². The summed E-state index contributed by atoms with van der Waals surface area (Å²) in [5.74, 6) is 0.466. The van der Waals surface area contributed by atoms with Gasteiger partial charge >= 0.3 is 0 Å². The van der Waals surface area contributed by atoms with E-state index >= 15 is 0 Å². The summed E-state index contributed by atoms with van der Waals surface area (Å²) in [6, 6.07) is 17.3. The van der Waals surface area contributed by atoms with Crippen LogP contribution in [0.25, 0.3) is 0 Å². The maximum Gasteiger partial charge on any atom is 0.254 e. The van der Waals surface area contributed by atoms with Crippen LogP contribution in [0.5, 0.6) is 0 Å². The molecule has 0 radical (unpaired) electrons. The normalized spacial score (nSPS) is 21.0. The largest absolute Gasteiger partial charge is 0.392 e. The molecule has 0 bridgehead atoms. The van der Waals surface area contributed by atoms with Gasteiger partial charge in [0.15, 0.2) is 5.78 Å². The van der Waals surface area contributed by atoms with Crippen molar-refractivity contribution in [2.75, 3.05) is 26.2 Å². The Bertz CT molecular complexity index is 1340. The van der Waals surface area contributed by atoms with Gasteiger partial charge in [-0.2, -0.15) is 0 Å². The molecule has 6 nitrogen and oxygen atoms in total. The van der Waals surface area contributed by atoms with Crippen LogP contribution < -0.4 is 0 Å². The molecule has 5 rings (SSSR count). The molecule has 7 heteroatoms. The van der Waals surface area contributed by atoms with Gasteiger partial charge in [0, 0.05) is 48.3 Å². The number of ketones is 1. The number of hydrogen-bond donors (Lipinski definition) is 1. The summed E-state index contributed by atoms with van der Waals surface area (Å²) in [7, 11) is 0. The number of hydrogen-bond acceptors (Lipinski definition) is 6. The molecule has 0 spiro atoms. The molecule has 2 fully saturated rings. The number of likely N-dealkylation sites (tertiary alicyclic amines) is 2. The number of nitrogens with zero attached hydrogens (tertiary/aromatic N) is 3. The Morgan fingerprint density at radius 3 is 2.52 bits per heavy atom. The van der Waals surface area contributed by atoms with Gasteiger partial charge in [-0.3, -0.25) is 9.59 Å². The number of benzene rings is 2. The lowest BCUT2D eigenvalue weighted by molar-refractivity contribution is 0.00715.